The highest BCUT2D eigenvalue weighted by Crippen LogP contribution is 2.36. The third-order valence-electron chi connectivity index (χ3n) is 3.79. The number of nitrogens with zero attached hydrogens (tertiary/aromatic N) is 1. The monoisotopic (exact) mass is 241 g/mol. The van der Waals surface area contributed by atoms with E-state index in [0.29, 0.717) is 11.8 Å². The fraction of sp³-hybridized carbons (Fsp3) is 0.923. The summed E-state index contributed by atoms with van der Waals surface area (Å²) in [5.41, 5.74) is 0. The quantitative estimate of drug-likeness (QED) is 0.680. The van der Waals surface area contributed by atoms with Crippen LogP contribution in [0, 0.1) is 11.8 Å². The van der Waals surface area contributed by atoms with Crippen LogP contribution in [-0.4, -0.2) is 50.8 Å². The molecule has 0 aromatic carbocycles. The van der Waals surface area contributed by atoms with Crippen LogP contribution in [0.3, 0.4) is 0 Å². The number of esters is 1. The Morgan fingerprint density at radius 1 is 1.47 bits per heavy atom. The highest BCUT2D eigenvalue weighted by molar-refractivity contribution is 5.76. The Morgan fingerprint density at radius 2 is 2.24 bits per heavy atom. The Balaban J connectivity index is 1.86. The summed E-state index contributed by atoms with van der Waals surface area (Å²) in [6.07, 6.45) is 4.67. The van der Waals surface area contributed by atoms with Crippen LogP contribution in [0.15, 0.2) is 0 Å². The average Bonchev–Trinajstić information content (AvgIpc) is 3.15. The average molecular weight is 241 g/mol. The van der Waals surface area contributed by atoms with Crippen molar-refractivity contribution in [3.05, 3.63) is 0 Å². The van der Waals surface area contributed by atoms with Gasteiger partial charge in [-0.1, -0.05) is 0 Å². The second-order valence-corrected chi connectivity index (χ2v) is 5.33. The molecule has 0 radical (unpaired) electrons. The molecular weight excluding hydrogens is 218 g/mol. The van der Waals surface area contributed by atoms with Gasteiger partial charge in [0.1, 0.15) is 6.04 Å². The number of hydrogen-bond acceptors (Lipinski definition) is 4. The molecule has 2 rings (SSSR count). The smallest absolute Gasteiger partial charge is 0.323 e. The van der Waals surface area contributed by atoms with Crippen LogP contribution >= 0.6 is 0 Å². The summed E-state index contributed by atoms with van der Waals surface area (Å²) in [5, 5.41) is 0. The maximum absolute atomic E-state index is 11.8. The molecular formula is C13H23NO3. The second-order valence-electron chi connectivity index (χ2n) is 5.33. The molecule has 1 saturated heterocycles. The number of rotatable bonds is 5. The fourth-order valence-corrected chi connectivity index (χ4v) is 2.74. The third kappa shape index (κ3) is 3.42. The molecule has 17 heavy (non-hydrogen) atoms. The maximum atomic E-state index is 11.8. The van der Waals surface area contributed by atoms with Crippen molar-refractivity contribution in [2.24, 2.45) is 11.8 Å². The Hall–Kier alpha value is -0.610. The molecule has 98 valence electrons. The summed E-state index contributed by atoms with van der Waals surface area (Å²) < 4.78 is 10.4. The number of methoxy groups -OCH3 is 1. The Kier molecular flexibility index (Phi) is 4.40. The Labute approximate surface area is 103 Å². The molecule has 0 aromatic heterocycles. The molecule has 0 amide bonds. The minimum atomic E-state index is -0.0771. The lowest BCUT2D eigenvalue weighted by Gasteiger charge is -2.31. The van der Waals surface area contributed by atoms with E-state index >= 15 is 0 Å². The van der Waals surface area contributed by atoms with Gasteiger partial charge in [-0.25, -0.2) is 0 Å². The Bertz CT molecular complexity index is 259. The van der Waals surface area contributed by atoms with E-state index in [-0.39, 0.29) is 12.0 Å². The van der Waals surface area contributed by atoms with Gasteiger partial charge < -0.3 is 9.47 Å². The highest BCUT2D eigenvalue weighted by Gasteiger charge is 2.40. The molecule has 1 aliphatic carbocycles. The summed E-state index contributed by atoms with van der Waals surface area (Å²) in [7, 11) is 3.52. The molecule has 4 nitrogen and oxygen atoms in total. The van der Waals surface area contributed by atoms with Gasteiger partial charge in [-0.05, 0) is 44.6 Å². The van der Waals surface area contributed by atoms with Crippen LogP contribution < -0.4 is 0 Å². The van der Waals surface area contributed by atoms with Gasteiger partial charge in [-0.2, -0.15) is 0 Å². The van der Waals surface area contributed by atoms with E-state index in [1.807, 2.05) is 7.05 Å². The number of carbonyl (C=O) groups is 1. The predicted octanol–water partition coefficient (Wildman–Crippen LogP) is 1.30. The molecule has 0 spiro atoms. The van der Waals surface area contributed by atoms with E-state index in [1.165, 1.54) is 13.5 Å². The van der Waals surface area contributed by atoms with Gasteiger partial charge in [-0.15, -0.1) is 0 Å². The largest absolute Gasteiger partial charge is 0.468 e. The van der Waals surface area contributed by atoms with Crippen molar-refractivity contribution in [2.75, 3.05) is 33.9 Å². The first kappa shape index (κ1) is 12.8. The molecule has 4 heteroatoms. The van der Waals surface area contributed by atoms with E-state index in [4.69, 9.17) is 9.47 Å². The SMILES string of the molecule is COC(=O)C(C1CC1)N(C)CC1CCCOC1. The standard InChI is InChI=1S/C13H23NO3/c1-14(8-10-4-3-7-17-9-10)12(11-5-6-11)13(15)16-2/h10-12H,3-9H2,1-2H3. The van der Waals surface area contributed by atoms with Crippen LogP contribution in [0.1, 0.15) is 25.7 Å². The summed E-state index contributed by atoms with van der Waals surface area (Å²) in [6, 6.07) is -0.0399. The minimum absolute atomic E-state index is 0.0399. The maximum Gasteiger partial charge on any atom is 0.323 e. The van der Waals surface area contributed by atoms with Crippen LogP contribution in [0.5, 0.6) is 0 Å². The van der Waals surface area contributed by atoms with Gasteiger partial charge in [0, 0.05) is 13.2 Å². The molecule has 1 heterocycles. The van der Waals surface area contributed by atoms with E-state index in [0.717, 1.165) is 39.0 Å². The van der Waals surface area contributed by atoms with Gasteiger partial charge in [0.15, 0.2) is 0 Å². The van der Waals surface area contributed by atoms with Crippen molar-refractivity contribution in [3.63, 3.8) is 0 Å². The minimum Gasteiger partial charge on any atom is -0.468 e. The van der Waals surface area contributed by atoms with Gasteiger partial charge in [0.25, 0.3) is 0 Å². The van der Waals surface area contributed by atoms with Gasteiger partial charge >= 0.3 is 5.97 Å². The zero-order valence-corrected chi connectivity index (χ0v) is 10.9. The topological polar surface area (TPSA) is 38.8 Å². The molecule has 2 atom stereocenters. The highest BCUT2D eigenvalue weighted by atomic mass is 16.5. The van der Waals surface area contributed by atoms with Crippen molar-refractivity contribution >= 4 is 5.97 Å². The summed E-state index contributed by atoms with van der Waals surface area (Å²) in [4.78, 5) is 14.0. The molecule has 2 aliphatic rings. The Morgan fingerprint density at radius 3 is 2.76 bits per heavy atom. The van der Waals surface area contributed by atoms with Crippen molar-refractivity contribution in [1.82, 2.24) is 4.90 Å². The van der Waals surface area contributed by atoms with Gasteiger partial charge in [0.05, 0.1) is 13.7 Å². The summed E-state index contributed by atoms with van der Waals surface area (Å²) in [6.45, 7) is 2.67. The summed E-state index contributed by atoms with van der Waals surface area (Å²) in [5.74, 6) is 1.00. The zero-order valence-electron chi connectivity index (χ0n) is 10.9. The van der Waals surface area contributed by atoms with Crippen LogP contribution in [0.2, 0.25) is 0 Å². The first-order valence-corrected chi connectivity index (χ1v) is 6.58. The number of hydrogen-bond donors (Lipinski definition) is 0. The zero-order chi connectivity index (χ0) is 12.3. The molecule has 2 unspecified atom stereocenters. The molecule has 0 bridgehead atoms. The van der Waals surface area contributed by atoms with Crippen LogP contribution in [0.4, 0.5) is 0 Å². The normalized spacial score (nSPS) is 26.9. The fourth-order valence-electron chi connectivity index (χ4n) is 2.74. The van der Waals surface area contributed by atoms with Crippen molar-refractivity contribution in [2.45, 2.75) is 31.7 Å². The lowest BCUT2D eigenvalue weighted by Crippen LogP contribution is -2.44. The van der Waals surface area contributed by atoms with Crippen molar-refractivity contribution < 1.29 is 14.3 Å². The van der Waals surface area contributed by atoms with Gasteiger partial charge in [-0.3, -0.25) is 9.69 Å². The lowest BCUT2D eigenvalue weighted by molar-refractivity contribution is -0.147. The van der Waals surface area contributed by atoms with Crippen molar-refractivity contribution in [1.29, 1.82) is 0 Å². The van der Waals surface area contributed by atoms with Crippen molar-refractivity contribution in [3.8, 4) is 0 Å². The molecule has 1 aliphatic heterocycles. The summed E-state index contributed by atoms with van der Waals surface area (Å²) >= 11 is 0. The molecule has 2 fully saturated rings. The van der Waals surface area contributed by atoms with E-state index in [1.54, 1.807) is 0 Å². The first-order chi connectivity index (χ1) is 8.22. The molecule has 1 saturated carbocycles. The van der Waals surface area contributed by atoms with E-state index in [9.17, 15) is 4.79 Å². The first-order valence-electron chi connectivity index (χ1n) is 6.58. The van der Waals surface area contributed by atoms with E-state index in [2.05, 4.69) is 4.90 Å². The predicted molar refractivity (Wildman–Crippen MR) is 64.7 cm³/mol. The van der Waals surface area contributed by atoms with Crippen LogP contribution in [-0.2, 0) is 14.3 Å². The lowest BCUT2D eigenvalue weighted by atomic mass is 10.0. The van der Waals surface area contributed by atoms with Crippen LogP contribution in [0.25, 0.3) is 0 Å². The molecule has 0 N–H and O–H groups in total. The number of likely N-dealkylation sites (N-methyl/N-ethyl adjacent to an activating group) is 1. The second kappa shape index (κ2) is 5.83. The molecule has 0 aromatic rings. The van der Waals surface area contributed by atoms with Gasteiger partial charge in [0.2, 0.25) is 0 Å². The number of ether oxygens (including phenoxy) is 2. The number of carbonyl (C=O) groups excluding carboxylic acids is 1. The van der Waals surface area contributed by atoms with E-state index < -0.39 is 0 Å². The third-order valence-corrected chi connectivity index (χ3v) is 3.79.